The molecule has 0 bridgehead atoms. The third-order valence-corrected chi connectivity index (χ3v) is 3.92. The van der Waals surface area contributed by atoms with Crippen LogP contribution in [0.4, 0.5) is 13.2 Å². The molecule has 1 aliphatic rings. The fourth-order valence-corrected chi connectivity index (χ4v) is 2.96. The summed E-state index contributed by atoms with van der Waals surface area (Å²) >= 11 is 0. The summed E-state index contributed by atoms with van der Waals surface area (Å²) in [6.45, 7) is 2.11. The van der Waals surface area contributed by atoms with Gasteiger partial charge >= 0.3 is 6.18 Å². The molecule has 1 aromatic carbocycles. The number of nitrogens with two attached hydrogens (primary N) is 1. The molecule has 0 radical (unpaired) electrons. The van der Waals surface area contributed by atoms with Gasteiger partial charge in [0.15, 0.2) is 0 Å². The minimum Gasteiger partial charge on any atom is -0.334 e. The number of hydrogen-bond acceptors (Lipinski definition) is 2. The zero-order valence-electron chi connectivity index (χ0n) is 11.9. The summed E-state index contributed by atoms with van der Waals surface area (Å²) in [4.78, 5) is 13.6. The maximum Gasteiger partial charge on any atom is 0.416 e. The Labute approximate surface area is 121 Å². The molecule has 0 aromatic heterocycles. The van der Waals surface area contributed by atoms with Gasteiger partial charge in [-0.2, -0.15) is 13.2 Å². The minimum atomic E-state index is -4.45. The quantitative estimate of drug-likeness (QED) is 0.912. The van der Waals surface area contributed by atoms with E-state index in [4.69, 9.17) is 5.73 Å². The second kappa shape index (κ2) is 6.05. The summed E-state index contributed by atoms with van der Waals surface area (Å²) in [5.74, 6) is -0.132. The first kappa shape index (κ1) is 15.8. The molecule has 2 unspecified atom stereocenters. The first-order valence-corrected chi connectivity index (χ1v) is 7.07. The molecule has 1 heterocycles. The van der Waals surface area contributed by atoms with Crippen LogP contribution in [0.3, 0.4) is 0 Å². The summed E-state index contributed by atoms with van der Waals surface area (Å²) in [6, 6.07) is 4.18. The number of halogens is 3. The highest BCUT2D eigenvalue weighted by atomic mass is 19.4. The van der Waals surface area contributed by atoms with E-state index in [2.05, 4.69) is 0 Å². The molecule has 1 aromatic rings. The van der Waals surface area contributed by atoms with E-state index in [-0.39, 0.29) is 11.5 Å². The van der Waals surface area contributed by atoms with Crippen LogP contribution >= 0.6 is 0 Å². The number of hydrogen-bond donors (Lipinski definition) is 1. The van der Waals surface area contributed by atoms with Crippen molar-refractivity contribution in [2.45, 2.75) is 44.4 Å². The predicted octanol–water partition coefficient (Wildman–Crippen LogP) is 3.11. The summed E-state index contributed by atoms with van der Waals surface area (Å²) in [6.07, 6.45) is -2.96. The van der Waals surface area contributed by atoms with E-state index < -0.39 is 23.8 Å². The number of benzene rings is 1. The van der Waals surface area contributed by atoms with Gasteiger partial charge in [0.25, 0.3) is 0 Å². The fourth-order valence-electron chi connectivity index (χ4n) is 2.96. The van der Waals surface area contributed by atoms with Gasteiger partial charge in [0.1, 0.15) is 0 Å². The summed E-state index contributed by atoms with van der Waals surface area (Å²) in [7, 11) is 0. The molecule has 1 fully saturated rings. The van der Waals surface area contributed by atoms with Crippen LogP contribution in [-0.4, -0.2) is 23.4 Å². The monoisotopic (exact) mass is 300 g/mol. The average Bonchev–Trinajstić information content (AvgIpc) is 2.56. The van der Waals surface area contributed by atoms with Crippen LogP contribution in [0.15, 0.2) is 24.3 Å². The summed E-state index contributed by atoms with van der Waals surface area (Å²) < 4.78 is 39.6. The Balaban J connectivity index is 2.53. The standard InChI is InChI=1S/C15H19F3N2O/c1-2-20-13(21)9-5-8-12(19)14(20)10-6-3-4-7-11(10)15(16,17)18/h3-4,6-7,12,14H,2,5,8-9,19H2,1H3. The lowest BCUT2D eigenvalue weighted by Crippen LogP contribution is -2.42. The van der Waals surface area contributed by atoms with E-state index in [0.717, 1.165) is 6.07 Å². The Morgan fingerprint density at radius 2 is 2.00 bits per heavy atom. The average molecular weight is 300 g/mol. The summed E-state index contributed by atoms with van der Waals surface area (Å²) in [5.41, 5.74) is 5.47. The number of carbonyl (C=O) groups is 1. The fraction of sp³-hybridized carbons (Fsp3) is 0.533. The Kier molecular flexibility index (Phi) is 4.56. The van der Waals surface area contributed by atoms with Gasteiger partial charge in [0.05, 0.1) is 11.6 Å². The van der Waals surface area contributed by atoms with Gasteiger partial charge in [0.2, 0.25) is 5.91 Å². The van der Waals surface area contributed by atoms with E-state index in [9.17, 15) is 18.0 Å². The molecule has 116 valence electrons. The van der Waals surface area contributed by atoms with Gasteiger partial charge in [0, 0.05) is 19.0 Å². The molecule has 1 aliphatic heterocycles. The molecule has 0 aliphatic carbocycles. The van der Waals surface area contributed by atoms with Gasteiger partial charge in [-0.05, 0) is 31.4 Å². The molecule has 1 amide bonds. The van der Waals surface area contributed by atoms with Gasteiger partial charge < -0.3 is 10.6 Å². The van der Waals surface area contributed by atoms with Crippen LogP contribution in [0, 0.1) is 0 Å². The van der Waals surface area contributed by atoms with E-state index in [1.165, 1.54) is 17.0 Å². The third-order valence-electron chi connectivity index (χ3n) is 3.92. The highest BCUT2D eigenvalue weighted by Crippen LogP contribution is 2.39. The Morgan fingerprint density at radius 3 is 2.62 bits per heavy atom. The van der Waals surface area contributed by atoms with Crippen molar-refractivity contribution in [1.29, 1.82) is 0 Å². The Morgan fingerprint density at radius 1 is 1.33 bits per heavy atom. The highest BCUT2D eigenvalue weighted by Gasteiger charge is 2.39. The number of carbonyl (C=O) groups excluding carboxylic acids is 1. The third kappa shape index (κ3) is 3.20. The minimum absolute atomic E-state index is 0.0922. The lowest BCUT2D eigenvalue weighted by Gasteiger charge is -2.34. The van der Waals surface area contributed by atoms with Crippen molar-refractivity contribution >= 4 is 5.91 Å². The van der Waals surface area contributed by atoms with Crippen molar-refractivity contribution in [2.75, 3.05) is 6.54 Å². The SMILES string of the molecule is CCN1C(=O)CCCC(N)C1c1ccccc1C(F)(F)F. The van der Waals surface area contributed by atoms with Crippen molar-refractivity contribution in [2.24, 2.45) is 5.73 Å². The van der Waals surface area contributed by atoms with Gasteiger partial charge in [-0.1, -0.05) is 18.2 Å². The molecule has 2 rings (SSSR count). The molecule has 2 atom stereocenters. The molecule has 1 saturated heterocycles. The lowest BCUT2D eigenvalue weighted by molar-refractivity contribution is -0.141. The maximum atomic E-state index is 13.2. The van der Waals surface area contributed by atoms with Crippen LogP contribution < -0.4 is 5.73 Å². The van der Waals surface area contributed by atoms with Crippen LogP contribution in [0.5, 0.6) is 0 Å². The Bertz CT molecular complexity index is 516. The normalized spacial score (nSPS) is 24.0. The second-order valence-corrected chi connectivity index (χ2v) is 5.27. The maximum absolute atomic E-state index is 13.2. The van der Waals surface area contributed by atoms with Crippen LogP contribution in [-0.2, 0) is 11.0 Å². The molecule has 0 saturated carbocycles. The van der Waals surface area contributed by atoms with E-state index in [0.29, 0.717) is 25.8 Å². The highest BCUT2D eigenvalue weighted by molar-refractivity contribution is 5.77. The number of amides is 1. The van der Waals surface area contributed by atoms with Crippen LogP contribution in [0.2, 0.25) is 0 Å². The first-order valence-electron chi connectivity index (χ1n) is 7.07. The van der Waals surface area contributed by atoms with Crippen molar-refractivity contribution in [3.63, 3.8) is 0 Å². The van der Waals surface area contributed by atoms with E-state index >= 15 is 0 Å². The first-order chi connectivity index (χ1) is 9.86. The van der Waals surface area contributed by atoms with Crippen LogP contribution in [0.1, 0.15) is 43.4 Å². The number of likely N-dealkylation sites (N-methyl/N-ethyl adjacent to an activating group) is 1. The summed E-state index contributed by atoms with van der Waals surface area (Å²) in [5, 5.41) is 0. The number of nitrogens with zero attached hydrogens (tertiary/aromatic N) is 1. The zero-order chi connectivity index (χ0) is 15.6. The Hall–Kier alpha value is -1.56. The van der Waals surface area contributed by atoms with Gasteiger partial charge in [-0.25, -0.2) is 0 Å². The number of rotatable bonds is 2. The molecule has 2 N–H and O–H groups in total. The molecule has 6 heteroatoms. The molecular formula is C15H19F3N2O. The van der Waals surface area contributed by atoms with E-state index in [1.54, 1.807) is 13.0 Å². The largest absolute Gasteiger partial charge is 0.416 e. The van der Waals surface area contributed by atoms with Crippen molar-refractivity contribution in [3.8, 4) is 0 Å². The lowest BCUT2D eigenvalue weighted by atomic mass is 9.92. The van der Waals surface area contributed by atoms with Crippen molar-refractivity contribution in [3.05, 3.63) is 35.4 Å². The topological polar surface area (TPSA) is 46.3 Å². The number of likely N-dealkylation sites (tertiary alicyclic amines) is 1. The van der Waals surface area contributed by atoms with Crippen molar-refractivity contribution < 1.29 is 18.0 Å². The van der Waals surface area contributed by atoms with Crippen LogP contribution in [0.25, 0.3) is 0 Å². The molecule has 0 spiro atoms. The predicted molar refractivity (Wildman–Crippen MR) is 73.4 cm³/mol. The smallest absolute Gasteiger partial charge is 0.334 e. The van der Waals surface area contributed by atoms with Crippen molar-refractivity contribution in [1.82, 2.24) is 4.90 Å². The van der Waals surface area contributed by atoms with E-state index in [1.807, 2.05) is 0 Å². The molecule has 3 nitrogen and oxygen atoms in total. The molecular weight excluding hydrogens is 281 g/mol. The zero-order valence-corrected chi connectivity index (χ0v) is 11.9. The number of alkyl halides is 3. The molecule has 21 heavy (non-hydrogen) atoms. The van der Waals surface area contributed by atoms with Gasteiger partial charge in [-0.15, -0.1) is 0 Å². The second-order valence-electron chi connectivity index (χ2n) is 5.27. The van der Waals surface area contributed by atoms with Gasteiger partial charge in [-0.3, -0.25) is 4.79 Å².